The van der Waals surface area contributed by atoms with Gasteiger partial charge < -0.3 is 19.9 Å². The molecule has 30 heavy (non-hydrogen) atoms. The predicted octanol–water partition coefficient (Wildman–Crippen LogP) is 4.42. The van der Waals surface area contributed by atoms with Crippen LogP contribution >= 0.6 is 0 Å². The number of anilines is 1. The monoisotopic (exact) mass is 412 g/mol. The molecule has 1 aliphatic carbocycles. The van der Waals surface area contributed by atoms with E-state index in [1.54, 1.807) is 6.33 Å². The standard InChI is InChI=1S/C23H32N4O3/c1-15-20(27(5)14-24-15)17-10-12-18(13-11-17)25-21(28)19(16-8-6-7-9-16)26-22(29)30-23(2,3)4/h10-14,16,19H,6-9H2,1-5H3,(H,25,28)(H,26,29)/t19-/m0/s1. The number of hydrogen-bond acceptors (Lipinski definition) is 4. The fourth-order valence-electron chi connectivity index (χ4n) is 4.01. The highest BCUT2D eigenvalue weighted by Crippen LogP contribution is 2.29. The van der Waals surface area contributed by atoms with Crippen LogP contribution in [-0.4, -0.2) is 33.2 Å². The van der Waals surface area contributed by atoms with E-state index in [2.05, 4.69) is 15.6 Å². The lowest BCUT2D eigenvalue weighted by atomic mass is 9.97. The molecule has 2 aromatic rings. The van der Waals surface area contributed by atoms with Crippen LogP contribution in [0.1, 0.15) is 52.1 Å². The molecule has 0 bridgehead atoms. The van der Waals surface area contributed by atoms with Gasteiger partial charge in [-0.15, -0.1) is 0 Å². The van der Waals surface area contributed by atoms with Gasteiger partial charge >= 0.3 is 6.09 Å². The summed E-state index contributed by atoms with van der Waals surface area (Å²) in [5.41, 5.74) is 3.11. The topological polar surface area (TPSA) is 85.3 Å². The number of carbonyl (C=O) groups excluding carboxylic acids is 2. The molecular weight excluding hydrogens is 380 g/mol. The smallest absolute Gasteiger partial charge is 0.408 e. The van der Waals surface area contributed by atoms with Gasteiger partial charge in [0, 0.05) is 18.3 Å². The van der Waals surface area contributed by atoms with Crippen molar-refractivity contribution in [2.24, 2.45) is 13.0 Å². The summed E-state index contributed by atoms with van der Waals surface area (Å²) < 4.78 is 7.35. The van der Waals surface area contributed by atoms with Crippen molar-refractivity contribution >= 4 is 17.7 Å². The quantitative estimate of drug-likeness (QED) is 0.761. The Bertz CT molecular complexity index is 871. The van der Waals surface area contributed by atoms with E-state index >= 15 is 0 Å². The Hall–Kier alpha value is -2.83. The number of imidazole rings is 1. The Morgan fingerprint density at radius 2 is 1.80 bits per heavy atom. The molecule has 1 fully saturated rings. The highest BCUT2D eigenvalue weighted by Gasteiger charge is 2.33. The second-order valence-electron chi connectivity index (χ2n) is 9.02. The van der Waals surface area contributed by atoms with Crippen molar-refractivity contribution in [3.05, 3.63) is 36.3 Å². The van der Waals surface area contributed by atoms with Crippen LogP contribution in [0.4, 0.5) is 10.5 Å². The first-order valence-electron chi connectivity index (χ1n) is 10.5. The van der Waals surface area contributed by atoms with Gasteiger partial charge in [0.2, 0.25) is 5.91 Å². The molecule has 3 rings (SSSR count). The Labute approximate surface area is 178 Å². The lowest BCUT2D eigenvalue weighted by Gasteiger charge is -2.26. The average molecular weight is 413 g/mol. The summed E-state index contributed by atoms with van der Waals surface area (Å²) in [4.78, 5) is 29.7. The molecule has 2 amide bonds. The van der Waals surface area contributed by atoms with Gasteiger partial charge in [0.25, 0.3) is 0 Å². The summed E-state index contributed by atoms with van der Waals surface area (Å²) in [7, 11) is 1.96. The minimum atomic E-state index is -0.611. The summed E-state index contributed by atoms with van der Waals surface area (Å²) in [5, 5.41) is 5.76. The van der Waals surface area contributed by atoms with Crippen molar-refractivity contribution in [1.29, 1.82) is 0 Å². The molecule has 0 radical (unpaired) electrons. The van der Waals surface area contributed by atoms with Gasteiger partial charge in [-0.05, 0) is 58.6 Å². The molecule has 162 valence electrons. The molecule has 1 aromatic carbocycles. The minimum absolute atomic E-state index is 0.119. The summed E-state index contributed by atoms with van der Waals surface area (Å²) >= 11 is 0. The van der Waals surface area contributed by atoms with Crippen LogP contribution in [0.25, 0.3) is 11.3 Å². The van der Waals surface area contributed by atoms with Crippen molar-refractivity contribution in [1.82, 2.24) is 14.9 Å². The molecule has 1 aliphatic rings. The van der Waals surface area contributed by atoms with E-state index in [4.69, 9.17) is 4.74 Å². The first-order chi connectivity index (χ1) is 14.1. The van der Waals surface area contributed by atoms with Crippen LogP contribution in [0.15, 0.2) is 30.6 Å². The van der Waals surface area contributed by atoms with E-state index in [-0.39, 0.29) is 11.8 Å². The first-order valence-corrected chi connectivity index (χ1v) is 10.5. The van der Waals surface area contributed by atoms with Crippen LogP contribution < -0.4 is 10.6 Å². The molecule has 1 aromatic heterocycles. The number of amides is 2. The number of ether oxygens (including phenoxy) is 1. The van der Waals surface area contributed by atoms with E-state index in [0.717, 1.165) is 42.6 Å². The molecule has 1 heterocycles. The molecule has 1 saturated carbocycles. The lowest BCUT2D eigenvalue weighted by molar-refractivity contribution is -0.119. The van der Waals surface area contributed by atoms with Gasteiger partial charge in [-0.25, -0.2) is 9.78 Å². The van der Waals surface area contributed by atoms with Crippen molar-refractivity contribution in [2.45, 2.75) is 65.0 Å². The lowest BCUT2D eigenvalue weighted by Crippen LogP contribution is -2.49. The fraction of sp³-hybridized carbons (Fsp3) is 0.522. The SMILES string of the molecule is Cc1ncn(C)c1-c1ccc(NC(=O)[C@@H](NC(=O)OC(C)(C)C)C2CCCC2)cc1. The van der Waals surface area contributed by atoms with E-state index in [1.807, 2.05) is 63.6 Å². The summed E-state index contributed by atoms with van der Waals surface area (Å²) in [6.07, 6.45) is 5.22. The fourth-order valence-corrected chi connectivity index (χ4v) is 4.01. The number of carbonyl (C=O) groups is 2. The van der Waals surface area contributed by atoms with Crippen LogP contribution in [0, 0.1) is 12.8 Å². The molecule has 0 aliphatic heterocycles. The second-order valence-corrected chi connectivity index (χ2v) is 9.02. The largest absolute Gasteiger partial charge is 0.444 e. The number of alkyl carbamates (subject to hydrolysis) is 1. The van der Waals surface area contributed by atoms with Crippen LogP contribution in [0.2, 0.25) is 0 Å². The van der Waals surface area contributed by atoms with Gasteiger partial charge in [-0.3, -0.25) is 4.79 Å². The molecule has 7 nitrogen and oxygen atoms in total. The van der Waals surface area contributed by atoms with Gasteiger partial charge in [0.15, 0.2) is 0 Å². The maximum absolute atomic E-state index is 13.0. The number of aromatic nitrogens is 2. The van der Waals surface area contributed by atoms with Crippen molar-refractivity contribution in [3.63, 3.8) is 0 Å². The van der Waals surface area contributed by atoms with Crippen LogP contribution in [0.3, 0.4) is 0 Å². The number of hydrogen-bond donors (Lipinski definition) is 2. The Morgan fingerprint density at radius 3 is 2.33 bits per heavy atom. The molecular formula is C23H32N4O3. The number of nitrogens with one attached hydrogen (secondary N) is 2. The highest BCUT2D eigenvalue weighted by molar-refractivity contribution is 5.97. The van der Waals surface area contributed by atoms with Gasteiger partial charge in [0.1, 0.15) is 11.6 Å². The summed E-state index contributed by atoms with van der Waals surface area (Å²) in [6, 6.07) is 7.07. The zero-order chi connectivity index (χ0) is 21.9. The van der Waals surface area contributed by atoms with E-state index < -0.39 is 17.7 Å². The first kappa shape index (κ1) is 21.9. The van der Waals surface area contributed by atoms with Gasteiger partial charge in [-0.1, -0.05) is 25.0 Å². The van der Waals surface area contributed by atoms with Crippen molar-refractivity contribution in [3.8, 4) is 11.3 Å². The Morgan fingerprint density at radius 1 is 1.17 bits per heavy atom. The highest BCUT2D eigenvalue weighted by atomic mass is 16.6. The van der Waals surface area contributed by atoms with Crippen molar-refractivity contribution in [2.75, 3.05) is 5.32 Å². The normalized spacial score (nSPS) is 15.6. The van der Waals surface area contributed by atoms with Gasteiger partial charge in [0.05, 0.1) is 17.7 Å². The summed E-state index contributed by atoms with van der Waals surface area (Å²) in [6.45, 7) is 7.40. The molecule has 1 atom stereocenters. The van der Waals surface area contributed by atoms with E-state index in [9.17, 15) is 9.59 Å². The zero-order valence-electron chi connectivity index (χ0n) is 18.5. The van der Waals surface area contributed by atoms with E-state index in [1.165, 1.54) is 0 Å². The maximum Gasteiger partial charge on any atom is 0.408 e. The Kier molecular flexibility index (Phi) is 6.48. The van der Waals surface area contributed by atoms with Crippen molar-refractivity contribution < 1.29 is 14.3 Å². The minimum Gasteiger partial charge on any atom is -0.444 e. The number of nitrogens with zero attached hydrogens (tertiary/aromatic N) is 2. The molecule has 0 unspecified atom stereocenters. The molecule has 0 saturated heterocycles. The number of rotatable bonds is 5. The number of benzene rings is 1. The van der Waals surface area contributed by atoms with Crippen LogP contribution in [-0.2, 0) is 16.6 Å². The third-order valence-electron chi connectivity index (χ3n) is 5.37. The maximum atomic E-state index is 13.0. The molecule has 7 heteroatoms. The molecule has 2 N–H and O–H groups in total. The average Bonchev–Trinajstić information content (AvgIpc) is 3.29. The Balaban J connectivity index is 1.71. The zero-order valence-corrected chi connectivity index (χ0v) is 18.5. The molecule has 0 spiro atoms. The number of aryl methyl sites for hydroxylation is 2. The third kappa shape index (κ3) is 5.40. The van der Waals surface area contributed by atoms with E-state index in [0.29, 0.717) is 5.69 Å². The second kappa shape index (κ2) is 8.90. The summed E-state index contributed by atoms with van der Waals surface area (Å²) in [5.74, 6) is -0.0916. The predicted molar refractivity (Wildman–Crippen MR) is 117 cm³/mol. The third-order valence-corrected chi connectivity index (χ3v) is 5.37. The van der Waals surface area contributed by atoms with Gasteiger partial charge in [-0.2, -0.15) is 0 Å². The van der Waals surface area contributed by atoms with Crippen LogP contribution in [0.5, 0.6) is 0 Å².